The van der Waals surface area contributed by atoms with Crippen molar-refractivity contribution < 1.29 is 0 Å². The lowest BCUT2D eigenvalue weighted by Crippen LogP contribution is -2.13. The van der Waals surface area contributed by atoms with Gasteiger partial charge in [-0.25, -0.2) is 0 Å². The van der Waals surface area contributed by atoms with Gasteiger partial charge < -0.3 is 4.90 Å². The van der Waals surface area contributed by atoms with Gasteiger partial charge in [-0.05, 0) is 25.9 Å². The molecule has 0 aliphatic carbocycles. The van der Waals surface area contributed by atoms with Crippen molar-refractivity contribution in [1.82, 2.24) is 4.90 Å². The Morgan fingerprint density at radius 1 is 1.78 bits per heavy atom. The van der Waals surface area contributed by atoms with Crippen LogP contribution in [0.2, 0.25) is 0 Å². The molecule has 1 unspecified atom stereocenters. The number of nitrogens with zero attached hydrogens (tertiary/aromatic N) is 2. The largest absolute Gasteiger partial charge is 0.306 e. The highest BCUT2D eigenvalue weighted by molar-refractivity contribution is 4.81. The average Bonchev–Trinajstić information content (AvgIpc) is 2.17. The molecule has 0 amide bonds. The Morgan fingerprint density at radius 2 is 2.56 bits per heavy atom. The monoisotopic (exact) mass is 124 g/mol. The zero-order chi connectivity index (χ0) is 6.69. The van der Waals surface area contributed by atoms with Crippen LogP contribution in [0.1, 0.15) is 12.8 Å². The molecule has 0 N–H and O–H groups in total. The fourth-order valence-electron chi connectivity index (χ4n) is 1.32. The number of hydrogen-bond acceptors (Lipinski definition) is 2. The number of likely N-dealkylation sites (tertiary alicyclic amines) is 1. The summed E-state index contributed by atoms with van der Waals surface area (Å²) in [5, 5.41) is 8.34. The number of nitriles is 1. The van der Waals surface area contributed by atoms with E-state index >= 15 is 0 Å². The van der Waals surface area contributed by atoms with E-state index < -0.39 is 0 Å². The number of hydrogen-bond donors (Lipinski definition) is 0. The number of rotatable bonds is 1. The van der Waals surface area contributed by atoms with E-state index in [0.717, 1.165) is 13.0 Å². The highest BCUT2D eigenvalue weighted by atomic mass is 15.1. The minimum absolute atomic E-state index is 0.653. The van der Waals surface area contributed by atoms with E-state index in [2.05, 4.69) is 18.0 Å². The first-order valence-corrected chi connectivity index (χ1v) is 3.38. The van der Waals surface area contributed by atoms with Crippen molar-refractivity contribution in [2.45, 2.75) is 12.8 Å². The van der Waals surface area contributed by atoms with E-state index in [4.69, 9.17) is 5.26 Å². The summed E-state index contributed by atoms with van der Waals surface area (Å²) in [4.78, 5) is 2.28. The van der Waals surface area contributed by atoms with Gasteiger partial charge in [-0.2, -0.15) is 5.26 Å². The average molecular weight is 124 g/mol. The molecular formula is C7H12N2. The van der Waals surface area contributed by atoms with Gasteiger partial charge >= 0.3 is 0 Å². The fraction of sp³-hybridized carbons (Fsp3) is 0.857. The first kappa shape index (κ1) is 6.57. The third-order valence-electron chi connectivity index (χ3n) is 1.87. The molecule has 1 rings (SSSR count). The molecule has 0 saturated carbocycles. The summed E-state index contributed by atoms with van der Waals surface area (Å²) in [6, 6.07) is 2.20. The topological polar surface area (TPSA) is 27.0 Å². The highest BCUT2D eigenvalue weighted by Crippen LogP contribution is 2.16. The highest BCUT2D eigenvalue weighted by Gasteiger charge is 2.18. The molecule has 0 aromatic rings. The predicted molar refractivity (Wildman–Crippen MR) is 35.8 cm³/mol. The van der Waals surface area contributed by atoms with E-state index in [-0.39, 0.29) is 0 Å². The van der Waals surface area contributed by atoms with Gasteiger partial charge in [0.1, 0.15) is 0 Å². The smallest absolute Gasteiger partial charge is 0.0625 e. The van der Waals surface area contributed by atoms with Crippen LogP contribution in [0.25, 0.3) is 0 Å². The molecule has 1 fully saturated rings. The van der Waals surface area contributed by atoms with Crippen LogP contribution in [-0.4, -0.2) is 25.0 Å². The Kier molecular flexibility index (Phi) is 2.07. The van der Waals surface area contributed by atoms with Gasteiger partial charge in [-0.15, -0.1) is 0 Å². The molecule has 1 aliphatic rings. The molecule has 1 saturated heterocycles. The van der Waals surface area contributed by atoms with E-state index in [1.807, 2.05) is 0 Å². The maximum absolute atomic E-state index is 8.34. The van der Waals surface area contributed by atoms with Crippen molar-refractivity contribution in [2.75, 3.05) is 20.1 Å². The zero-order valence-corrected chi connectivity index (χ0v) is 5.80. The third kappa shape index (κ3) is 1.69. The molecular weight excluding hydrogens is 112 g/mol. The Hall–Kier alpha value is -0.550. The van der Waals surface area contributed by atoms with Crippen LogP contribution in [0.3, 0.4) is 0 Å². The molecule has 9 heavy (non-hydrogen) atoms. The minimum Gasteiger partial charge on any atom is -0.306 e. The van der Waals surface area contributed by atoms with Crippen LogP contribution in [0.15, 0.2) is 0 Å². The molecule has 0 radical (unpaired) electrons. The van der Waals surface area contributed by atoms with Gasteiger partial charge in [-0.3, -0.25) is 0 Å². The summed E-state index contributed by atoms with van der Waals surface area (Å²) >= 11 is 0. The molecule has 2 nitrogen and oxygen atoms in total. The van der Waals surface area contributed by atoms with Gasteiger partial charge in [0, 0.05) is 13.0 Å². The standard InChI is InChI=1S/C7H12N2/c1-9-5-3-7(6-9)2-4-8/h7H,2-3,5-6H2,1H3. The normalized spacial score (nSPS) is 28.2. The van der Waals surface area contributed by atoms with Gasteiger partial charge in [0.25, 0.3) is 0 Å². The van der Waals surface area contributed by atoms with Crippen molar-refractivity contribution in [3.63, 3.8) is 0 Å². The van der Waals surface area contributed by atoms with E-state index in [9.17, 15) is 0 Å². The molecule has 0 aromatic carbocycles. The van der Waals surface area contributed by atoms with Gasteiger partial charge in [0.15, 0.2) is 0 Å². The summed E-state index contributed by atoms with van der Waals surface area (Å²) in [5.41, 5.74) is 0. The Morgan fingerprint density at radius 3 is 3.00 bits per heavy atom. The van der Waals surface area contributed by atoms with Gasteiger partial charge in [-0.1, -0.05) is 0 Å². The van der Waals surface area contributed by atoms with Gasteiger partial charge in [0.05, 0.1) is 6.07 Å². The van der Waals surface area contributed by atoms with E-state index in [0.29, 0.717) is 5.92 Å². The predicted octanol–water partition coefficient (Wildman–Crippen LogP) is 0.852. The maximum Gasteiger partial charge on any atom is 0.0625 e. The van der Waals surface area contributed by atoms with Gasteiger partial charge in [0.2, 0.25) is 0 Å². The molecule has 50 valence electrons. The second-order valence-electron chi connectivity index (χ2n) is 2.78. The summed E-state index contributed by atoms with van der Waals surface area (Å²) in [7, 11) is 2.11. The third-order valence-corrected chi connectivity index (χ3v) is 1.87. The first-order valence-electron chi connectivity index (χ1n) is 3.38. The molecule has 0 aromatic heterocycles. The van der Waals surface area contributed by atoms with Crippen LogP contribution in [0, 0.1) is 17.2 Å². The molecule has 1 heterocycles. The summed E-state index contributed by atoms with van der Waals surface area (Å²) in [5.74, 6) is 0.653. The van der Waals surface area contributed by atoms with Crippen LogP contribution in [0.4, 0.5) is 0 Å². The fourth-order valence-corrected chi connectivity index (χ4v) is 1.32. The van der Waals surface area contributed by atoms with E-state index in [1.54, 1.807) is 0 Å². The van der Waals surface area contributed by atoms with Crippen LogP contribution >= 0.6 is 0 Å². The first-order chi connectivity index (χ1) is 4.33. The van der Waals surface area contributed by atoms with Crippen molar-refractivity contribution in [2.24, 2.45) is 5.92 Å². The van der Waals surface area contributed by atoms with Crippen LogP contribution in [-0.2, 0) is 0 Å². The van der Waals surface area contributed by atoms with Crippen molar-refractivity contribution in [1.29, 1.82) is 5.26 Å². The lowest BCUT2D eigenvalue weighted by Gasteiger charge is -2.04. The van der Waals surface area contributed by atoms with Crippen molar-refractivity contribution in [3.8, 4) is 6.07 Å². The Balaban J connectivity index is 2.24. The summed E-state index contributed by atoms with van der Waals surface area (Å²) in [6.07, 6.45) is 1.95. The van der Waals surface area contributed by atoms with Crippen LogP contribution < -0.4 is 0 Å². The molecule has 1 atom stereocenters. The van der Waals surface area contributed by atoms with Crippen LogP contribution in [0.5, 0.6) is 0 Å². The molecule has 1 aliphatic heterocycles. The van der Waals surface area contributed by atoms with Crippen molar-refractivity contribution in [3.05, 3.63) is 0 Å². The van der Waals surface area contributed by atoms with Crippen molar-refractivity contribution >= 4 is 0 Å². The molecule has 2 heteroatoms. The Bertz CT molecular complexity index is 125. The quantitative estimate of drug-likeness (QED) is 0.518. The lowest BCUT2D eigenvalue weighted by molar-refractivity contribution is 0.396. The second kappa shape index (κ2) is 2.84. The summed E-state index contributed by atoms with van der Waals surface area (Å²) < 4.78 is 0. The summed E-state index contributed by atoms with van der Waals surface area (Å²) in [6.45, 7) is 2.29. The molecule has 0 bridgehead atoms. The lowest BCUT2D eigenvalue weighted by atomic mass is 10.1. The SMILES string of the molecule is CN1CCC(CC#N)C1. The van der Waals surface area contributed by atoms with E-state index in [1.165, 1.54) is 13.0 Å². The zero-order valence-electron chi connectivity index (χ0n) is 5.80. The maximum atomic E-state index is 8.34. The Labute approximate surface area is 56.1 Å². The molecule has 0 spiro atoms. The second-order valence-corrected chi connectivity index (χ2v) is 2.78. The minimum atomic E-state index is 0.653.